The zero-order valence-corrected chi connectivity index (χ0v) is 50.8. The van der Waals surface area contributed by atoms with Crippen molar-refractivity contribution >= 4 is 17.9 Å². The summed E-state index contributed by atoms with van der Waals surface area (Å²) < 4.78 is 16.8. The molecule has 1 unspecified atom stereocenters. The monoisotopic (exact) mass is 1060 g/mol. The van der Waals surface area contributed by atoms with E-state index >= 15 is 0 Å². The average molecular weight is 1060 g/mol. The van der Waals surface area contributed by atoms with Crippen molar-refractivity contribution in [3.63, 3.8) is 0 Å². The summed E-state index contributed by atoms with van der Waals surface area (Å²) in [5.74, 6) is -0.898. The molecule has 0 N–H and O–H groups in total. The van der Waals surface area contributed by atoms with E-state index in [4.69, 9.17) is 14.2 Å². The maximum Gasteiger partial charge on any atom is 0.306 e. The first kappa shape index (κ1) is 73.1. The molecule has 0 aromatic rings. The van der Waals surface area contributed by atoms with Gasteiger partial charge in [-0.05, 0) is 64.2 Å². The second kappa shape index (κ2) is 64.6. The summed E-state index contributed by atoms with van der Waals surface area (Å²) in [5, 5.41) is 0. The second-order valence-electron chi connectivity index (χ2n) is 22.4. The molecule has 0 aliphatic heterocycles. The molecule has 0 amide bonds. The first-order chi connectivity index (χ1) is 37.5. The normalized spacial score (nSPS) is 12.4. The van der Waals surface area contributed by atoms with Crippen LogP contribution in [0.3, 0.4) is 0 Å². The molecule has 442 valence electrons. The van der Waals surface area contributed by atoms with Crippen LogP contribution in [0.25, 0.3) is 0 Å². The largest absolute Gasteiger partial charge is 0.462 e. The summed E-state index contributed by atoms with van der Waals surface area (Å²) in [5.41, 5.74) is 0. The number of hydrogen-bond acceptors (Lipinski definition) is 6. The lowest BCUT2D eigenvalue weighted by Gasteiger charge is -2.18. The molecule has 0 rings (SSSR count). The number of ether oxygens (including phenoxy) is 3. The van der Waals surface area contributed by atoms with Crippen LogP contribution in [0.1, 0.15) is 348 Å². The molecule has 6 heteroatoms. The van der Waals surface area contributed by atoms with E-state index < -0.39 is 6.10 Å². The first-order valence-electron chi connectivity index (χ1n) is 33.3. The Labute approximate surface area is 472 Å². The molecule has 0 spiro atoms. The highest BCUT2D eigenvalue weighted by Gasteiger charge is 2.19. The summed E-state index contributed by atoms with van der Waals surface area (Å²) in [6.07, 6.45) is 83.1. The summed E-state index contributed by atoms with van der Waals surface area (Å²) in [6.45, 7) is 6.47. The Hall–Kier alpha value is -2.89. The van der Waals surface area contributed by atoms with E-state index in [-0.39, 0.29) is 31.1 Å². The van der Waals surface area contributed by atoms with Crippen molar-refractivity contribution in [3.05, 3.63) is 60.8 Å². The summed E-state index contributed by atoms with van der Waals surface area (Å²) in [4.78, 5) is 37.9. The predicted molar refractivity (Wildman–Crippen MR) is 330 cm³/mol. The van der Waals surface area contributed by atoms with Crippen LogP contribution in [-0.4, -0.2) is 37.2 Å². The van der Waals surface area contributed by atoms with Crippen LogP contribution in [0.2, 0.25) is 0 Å². The van der Waals surface area contributed by atoms with E-state index in [0.717, 1.165) is 116 Å². The Bertz CT molecular complexity index is 1360. The fourth-order valence-corrected chi connectivity index (χ4v) is 9.83. The van der Waals surface area contributed by atoms with Crippen molar-refractivity contribution in [1.82, 2.24) is 0 Å². The highest BCUT2D eigenvalue weighted by atomic mass is 16.6. The van der Waals surface area contributed by atoms with Crippen LogP contribution in [0.15, 0.2) is 60.8 Å². The summed E-state index contributed by atoms with van der Waals surface area (Å²) in [7, 11) is 0. The number of carbonyl (C=O) groups is 3. The minimum atomic E-state index is -0.780. The fourth-order valence-electron chi connectivity index (χ4n) is 9.83. The van der Waals surface area contributed by atoms with Gasteiger partial charge in [-0.3, -0.25) is 14.4 Å². The van der Waals surface area contributed by atoms with E-state index in [9.17, 15) is 14.4 Å². The lowest BCUT2D eigenvalue weighted by Crippen LogP contribution is -2.30. The van der Waals surface area contributed by atoms with Crippen LogP contribution in [0.5, 0.6) is 0 Å². The van der Waals surface area contributed by atoms with Gasteiger partial charge in [-0.1, -0.05) is 326 Å². The number of esters is 3. The van der Waals surface area contributed by atoms with Gasteiger partial charge in [0, 0.05) is 19.3 Å². The Kier molecular flexibility index (Phi) is 62.2. The van der Waals surface area contributed by atoms with Crippen molar-refractivity contribution in [2.45, 2.75) is 354 Å². The second-order valence-corrected chi connectivity index (χ2v) is 22.4. The van der Waals surface area contributed by atoms with Gasteiger partial charge in [0.25, 0.3) is 0 Å². The number of carbonyl (C=O) groups excluding carboxylic acids is 3. The molecule has 0 heterocycles. The Morgan fingerprint density at radius 2 is 0.513 bits per heavy atom. The lowest BCUT2D eigenvalue weighted by molar-refractivity contribution is -0.167. The molecular weight excluding hydrogens is 937 g/mol. The number of hydrogen-bond donors (Lipinski definition) is 0. The van der Waals surface area contributed by atoms with Gasteiger partial charge >= 0.3 is 17.9 Å². The van der Waals surface area contributed by atoms with Gasteiger partial charge in [0.05, 0.1) is 0 Å². The minimum Gasteiger partial charge on any atom is -0.462 e. The summed E-state index contributed by atoms with van der Waals surface area (Å²) in [6, 6.07) is 0. The molecule has 0 bridgehead atoms. The maximum absolute atomic E-state index is 12.8. The van der Waals surface area contributed by atoms with Crippen LogP contribution in [-0.2, 0) is 28.6 Å². The molecule has 0 fully saturated rings. The van der Waals surface area contributed by atoms with E-state index in [2.05, 4.69) is 81.5 Å². The summed E-state index contributed by atoms with van der Waals surface area (Å²) >= 11 is 0. The molecule has 6 nitrogen and oxygen atoms in total. The number of rotatable bonds is 61. The van der Waals surface area contributed by atoms with Crippen molar-refractivity contribution in [1.29, 1.82) is 0 Å². The smallest absolute Gasteiger partial charge is 0.306 e. The van der Waals surface area contributed by atoms with Gasteiger partial charge < -0.3 is 14.2 Å². The topological polar surface area (TPSA) is 78.9 Å². The molecule has 0 radical (unpaired) electrons. The average Bonchev–Trinajstić information content (AvgIpc) is 3.42. The van der Waals surface area contributed by atoms with Crippen molar-refractivity contribution in [3.8, 4) is 0 Å². The molecule has 0 aromatic heterocycles. The zero-order chi connectivity index (χ0) is 55.0. The van der Waals surface area contributed by atoms with Crippen LogP contribution >= 0.6 is 0 Å². The molecule has 0 aliphatic rings. The molecule has 0 aromatic carbocycles. The zero-order valence-electron chi connectivity index (χ0n) is 50.8. The maximum atomic E-state index is 12.8. The third-order valence-corrected chi connectivity index (χ3v) is 14.8. The molecular formula is C70H126O6. The van der Waals surface area contributed by atoms with Gasteiger partial charge in [0.1, 0.15) is 13.2 Å². The molecule has 76 heavy (non-hydrogen) atoms. The van der Waals surface area contributed by atoms with Crippen molar-refractivity contribution in [2.24, 2.45) is 0 Å². The SMILES string of the molecule is CC/C=C\C/C=C\C/C=C\C/C=C\C/C=C\CCCCCCCC(=O)OC(COC(=O)CCCCCCC)COC(=O)CCCCCCCCCCCCCCCCCCCCCCCCCCCCCCCCCC. The third-order valence-electron chi connectivity index (χ3n) is 14.8. The Morgan fingerprint density at radius 3 is 0.803 bits per heavy atom. The van der Waals surface area contributed by atoms with Crippen molar-refractivity contribution < 1.29 is 28.6 Å². The molecule has 0 aliphatic carbocycles. The van der Waals surface area contributed by atoms with E-state index in [1.165, 1.54) is 193 Å². The third kappa shape index (κ3) is 62.0. The lowest BCUT2D eigenvalue weighted by atomic mass is 10.0. The number of allylic oxidation sites excluding steroid dienone is 10. The Balaban J connectivity index is 3.95. The van der Waals surface area contributed by atoms with E-state index in [1.54, 1.807) is 0 Å². The molecule has 0 saturated carbocycles. The van der Waals surface area contributed by atoms with Gasteiger partial charge in [-0.15, -0.1) is 0 Å². The fraction of sp³-hybridized carbons (Fsp3) is 0.814. The minimum absolute atomic E-state index is 0.0796. The highest BCUT2D eigenvalue weighted by molar-refractivity contribution is 5.71. The van der Waals surface area contributed by atoms with Gasteiger partial charge in [0.15, 0.2) is 6.10 Å². The van der Waals surface area contributed by atoms with Crippen LogP contribution in [0.4, 0.5) is 0 Å². The Morgan fingerprint density at radius 1 is 0.276 bits per heavy atom. The predicted octanol–water partition coefficient (Wildman–Crippen LogP) is 22.7. The van der Waals surface area contributed by atoms with Crippen molar-refractivity contribution in [2.75, 3.05) is 13.2 Å². The quantitative estimate of drug-likeness (QED) is 0.0261. The first-order valence-corrected chi connectivity index (χ1v) is 33.3. The van der Waals surface area contributed by atoms with Gasteiger partial charge in [-0.2, -0.15) is 0 Å². The standard InChI is InChI=1S/C70H126O6/c1-4-7-10-13-15-17-19-21-23-25-27-29-30-31-32-33-34-35-36-37-38-39-41-42-44-46-48-50-52-54-57-60-63-69(72)75-66-67(65-74-68(71)62-59-56-12-9-6-3)76-70(73)64-61-58-55-53-51-49-47-45-43-40-28-26-24-22-20-18-16-14-11-8-5-2/h8,11,16,18,22,24,28,40,45,47,67H,4-7,9-10,12-15,17,19-21,23,25-27,29-39,41-44,46,48-66H2,1-3H3/b11-8-,18-16-,24-22-,40-28-,47-45-. The number of unbranched alkanes of at least 4 members (excludes halogenated alkanes) is 40. The molecule has 1 atom stereocenters. The van der Waals surface area contributed by atoms with Crippen LogP contribution < -0.4 is 0 Å². The van der Waals surface area contributed by atoms with E-state index in [0.29, 0.717) is 19.3 Å². The molecule has 0 saturated heterocycles. The van der Waals surface area contributed by atoms with Crippen LogP contribution in [0, 0.1) is 0 Å². The van der Waals surface area contributed by atoms with Gasteiger partial charge in [-0.25, -0.2) is 0 Å². The highest BCUT2D eigenvalue weighted by Crippen LogP contribution is 2.18. The van der Waals surface area contributed by atoms with E-state index in [1.807, 2.05) is 0 Å². The van der Waals surface area contributed by atoms with Gasteiger partial charge in [0.2, 0.25) is 0 Å².